The number of nitrogens with one attached hydrogen (secondary N) is 1. The van der Waals surface area contributed by atoms with Crippen molar-refractivity contribution in [2.45, 2.75) is 33.6 Å². The Kier molecular flexibility index (Phi) is 8.58. The summed E-state index contributed by atoms with van der Waals surface area (Å²) in [6.45, 7) is 6.42. The Morgan fingerprint density at radius 3 is 2.29 bits per heavy atom. The van der Waals surface area contributed by atoms with Crippen LogP contribution in [0.1, 0.15) is 41.4 Å². The molecule has 2 amide bonds. The van der Waals surface area contributed by atoms with E-state index in [1.165, 1.54) is 0 Å². The van der Waals surface area contributed by atoms with Crippen molar-refractivity contribution in [1.82, 2.24) is 14.7 Å². The molecule has 3 aromatic carbocycles. The summed E-state index contributed by atoms with van der Waals surface area (Å²) in [6, 6.07) is 24.8. The standard InChI is InChI=1S/C31H34N4O3/c1-5-6-20-34(31(37)25-16-18-26(38-4)19-17-25)21-28(36)32-30-29(24-13-8-7-9-14-24)23(3)33-35(30)27-15-11-10-12-22(27)2/h7-19H,5-6,20-21H2,1-4H3,(H,32,36). The number of carbonyl (C=O) groups excluding carboxylic acids is 2. The molecular formula is C31H34N4O3. The fourth-order valence-electron chi connectivity index (χ4n) is 4.43. The second-order valence-corrected chi connectivity index (χ2v) is 9.23. The van der Waals surface area contributed by atoms with Crippen LogP contribution in [0.15, 0.2) is 78.9 Å². The maximum absolute atomic E-state index is 13.5. The van der Waals surface area contributed by atoms with Gasteiger partial charge in [-0.3, -0.25) is 9.59 Å². The Hall–Kier alpha value is -4.39. The summed E-state index contributed by atoms with van der Waals surface area (Å²) in [5, 5.41) is 7.91. The van der Waals surface area contributed by atoms with E-state index in [0.29, 0.717) is 23.7 Å². The van der Waals surface area contributed by atoms with Gasteiger partial charge in [0.1, 0.15) is 18.1 Å². The van der Waals surface area contributed by atoms with Gasteiger partial charge in [0, 0.05) is 17.7 Å². The largest absolute Gasteiger partial charge is 0.497 e. The second kappa shape index (κ2) is 12.2. The number of hydrogen-bond donors (Lipinski definition) is 1. The summed E-state index contributed by atoms with van der Waals surface area (Å²) in [5.74, 6) is 0.783. The molecule has 1 N–H and O–H groups in total. The smallest absolute Gasteiger partial charge is 0.254 e. The Labute approximate surface area is 224 Å². The molecule has 0 saturated carbocycles. The van der Waals surface area contributed by atoms with E-state index in [1.807, 2.05) is 68.4 Å². The van der Waals surface area contributed by atoms with Crippen LogP contribution in [0.2, 0.25) is 0 Å². The molecule has 0 aliphatic carbocycles. The molecule has 0 spiro atoms. The molecule has 1 heterocycles. The van der Waals surface area contributed by atoms with Crippen LogP contribution < -0.4 is 10.1 Å². The molecule has 0 bridgehead atoms. The molecule has 7 nitrogen and oxygen atoms in total. The van der Waals surface area contributed by atoms with Crippen molar-refractivity contribution in [3.8, 4) is 22.6 Å². The predicted molar refractivity (Wildman–Crippen MR) is 151 cm³/mol. The van der Waals surface area contributed by atoms with Gasteiger partial charge in [-0.25, -0.2) is 4.68 Å². The van der Waals surface area contributed by atoms with E-state index in [2.05, 4.69) is 12.2 Å². The number of benzene rings is 3. The number of ether oxygens (including phenoxy) is 1. The fourth-order valence-corrected chi connectivity index (χ4v) is 4.43. The Balaban J connectivity index is 1.67. The molecule has 38 heavy (non-hydrogen) atoms. The number of unbranched alkanes of at least 4 members (excludes halogenated alkanes) is 1. The number of hydrogen-bond acceptors (Lipinski definition) is 4. The zero-order valence-corrected chi connectivity index (χ0v) is 22.4. The highest BCUT2D eigenvalue weighted by molar-refractivity contribution is 6.01. The van der Waals surface area contributed by atoms with Gasteiger partial charge < -0.3 is 15.0 Å². The first-order valence-corrected chi connectivity index (χ1v) is 12.9. The number of amides is 2. The van der Waals surface area contributed by atoms with Crippen molar-refractivity contribution in [2.24, 2.45) is 0 Å². The van der Waals surface area contributed by atoms with Gasteiger partial charge in [0.15, 0.2) is 0 Å². The highest BCUT2D eigenvalue weighted by Crippen LogP contribution is 2.34. The lowest BCUT2D eigenvalue weighted by Crippen LogP contribution is -2.39. The molecule has 0 atom stereocenters. The molecule has 0 fully saturated rings. The summed E-state index contributed by atoms with van der Waals surface area (Å²) in [7, 11) is 1.59. The van der Waals surface area contributed by atoms with Crippen LogP contribution in [-0.4, -0.2) is 46.7 Å². The lowest BCUT2D eigenvalue weighted by molar-refractivity contribution is -0.116. The van der Waals surface area contributed by atoms with Crippen molar-refractivity contribution in [1.29, 1.82) is 0 Å². The molecule has 196 valence electrons. The van der Waals surface area contributed by atoms with Crippen LogP contribution in [-0.2, 0) is 4.79 Å². The maximum Gasteiger partial charge on any atom is 0.254 e. The molecule has 0 unspecified atom stereocenters. The summed E-state index contributed by atoms with van der Waals surface area (Å²) in [5.41, 5.74) is 5.03. The number of aromatic nitrogens is 2. The molecule has 4 rings (SSSR count). The van der Waals surface area contributed by atoms with Crippen LogP contribution in [0.4, 0.5) is 5.82 Å². The molecule has 0 aliphatic heterocycles. The number of methoxy groups -OCH3 is 1. The van der Waals surface area contributed by atoms with Crippen LogP contribution >= 0.6 is 0 Å². The molecule has 0 saturated heterocycles. The number of nitrogens with zero attached hydrogens (tertiary/aromatic N) is 3. The first-order valence-electron chi connectivity index (χ1n) is 12.9. The zero-order chi connectivity index (χ0) is 27.1. The Morgan fingerprint density at radius 1 is 0.947 bits per heavy atom. The van der Waals surface area contributed by atoms with E-state index in [-0.39, 0.29) is 18.4 Å². The fraction of sp³-hybridized carbons (Fsp3) is 0.258. The van der Waals surface area contributed by atoms with Gasteiger partial charge in [-0.05, 0) is 61.7 Å². The Bertz CT molecular complexity index is 1390. The van der Waals surface area contributed by atoms with Crippen LogP contribution in [0.3, 0.4) is 0 Å². The molecule has 4 aromatic rings. The van der Waals surface area contributed by atoms with Gasteiger partial charge in [-0.2, -0.15) is 5.10 Å². The third-order valence-electron chi connectivity index (χ3n) is 6.46. The predicted octanol–water partition coefficient (Wildman–Crippen LogP) is 6.05. The minimum atomic E-state index is -0.283. The van der Waals surface area contributed by atoms with Crippen molar-refractivity contribution >= 4 is 17.6 Å². The van der Waals surface area contributed by atoms with E-state index in [4.69, 9.17) is 9.84 Å². The summed E-state index contributed by atoms with van der Waals surface area (Å²) < 4.78 is 7.00. The van der Waals surface area contributed by atoms with E-state index < -0.39 is 0 Å². The molecule has 1 aromatic heterocycles. The van der Waals surface area contributed by atoms with Crippen LogP contribution in [0.5, 0.6) is 5.75 Å². The van der Waals surface area contributed by atoms with Gasteiger partial charge >= 0.3 is 0 Å². The Morgan fingerprint density at radius 2 is 1.63 bits per heavy atom. The number of para-hydroxylation sites is 1. The highest BCUT2D eigenvalue weighted by atomic mass is 16.5. The van der Waals surface area contributed by atoms with E-state index in [1.54, 1.807) is 41.0 Å². The molecule has 7 heteroatoms. The van der Waals surface area contributed by atoms with Gasteiger partial charge in [-0.1, -0.05) is 61.9 Å². The third-order valence-corrected chi connectivity index (χ3v) is 6.46. The summed E-state index contributed by atoms with van der Waals surface area (Å²) in [4.78, 5) is 28.5. The quantitative estimate of drug-likeness (QED) is 0.282. The first kappa shape index (κ1) is 26.7. The van der Waals surface area contributed by atoms with Crippen molar-refractivity contribution in [3.63, 3.8) is 0 Å². The van der Waals surface area contributed by atoms with Gasteiger partial charge in [0.05, 0.1) is 18.5 Å². The van der Waals surface area contributed by atoms with Gasteiger partial charge in [0.2, 0.25) is 5.91 Å². The van der Waals surface area contributed by atoms with Crippen molar-refractivity contribution in [2.75, 3.05) is 25.5 Å². The highest BCUT2D eigenvalue weighted by Gasteiger charge is 2.24. The second-order valence-electron chi connectivity index (χ2n) is 9.23. The zero-order valence-electron chi connectivity index (χ0n) is 22.4. The average molecular weight is 511 g/mol. The molecule has 0 aliphatic rings. The summed E-state index contributed by atoms with van der Waals surface area (Å²) >= 11 is 0. The number of aryl methyl sites for hydroxylation is 2. The minimum Gasteiger partial charge on any atom is -0.497 e. The van der Waals surface area contributed by atoms with E-state index >= 15 is 0 Å². The van der Waals surface area contributed by atoms with Crippen molar-refractivity contribution in [3.05, 3.63) is 95.7 Å². The number of carbonyl (C=O) groups is 2. The lowest BCUT2D eigenvalue weighted by Gasteiger charge is -2.23. The topological polar surface area (TPSA) is 76.5 Å². The minimum absolute atomic E-state index is 0.0723. The van der Waals surface area contributed by atoms with E-state index in [9.17, 15) is 9.59 Å². The molecular weight excluding hydrogens is 476 g/mol. The first-order chi connectivity index (χ1) is 18.4. The van der Waals surface area contributed by atoms with Crippen LogP contribution in [0.25, 0.3) is 16.8 Å². The van der Waals surface area contributed by atoms with Gasteiger partial charge in [0.25, 0.3) is 5.91 Å². The maximum atomic E-state index is 13.5. The van der Waals surface area contributed by atoms with Crippen molar-refractivity contribution < 1.29 is 14.3 Å². The van der Waals surface area contributed by atoms with Crippen LogP contribution in [0, 0.1) is 13.8 Å². The van der Waals surface area contributed by atoms with Gasteiger partial charge in [-0.15, -0.1) is 0 Å². The lowest BCUT2D eigenvalue weighted by atomic mass is 10.1. The normalized spacial score (nSPS) is 10.7. The number of anilines is 1. The van der Waals surface area contributed by atoms with E-state index in [0.717, 1.165) is 40.9 Å². The number of rotatable bonds is 10. The monoisotopic (exact) mass is 510 g/mol. The molecule has 0 radical (unpaired) electrons. The average Bonchev–Trinajstić information content (AvgIpc) is 3.26. The third kappa shape index (κ3) is 5.94. The SMILES string of the molecule is CCCCN(CC(=O)Nc1c(-c2ccccc2)c(C)nn1-c1ccccc1C)C(=O)c1ccc(OC)cc1. The summed E-state index contributed by atoms with van der Waals surface area (Å²) in [6.07, 6.45) is 1.70.